The first-order valence-corrected chi connectivity index (χ1v) is 6.56. The Morgan fingerprint density at radius 2 is 2.32 bits per heavy atom. The Bertz CT molecular complexity index is 622. The number of carboxylic acids is 1. The molecule has 8 heteroatoms. The van der Waals surface area contributed by atoms with Crippen LogP contribution in [0.2, 0.25) is 5.02 Å². The quantitative estimate of drug-likeness (QED) is 0.807. The molecule has 19 heavy (non-hydrogen) atoms. The zero-order chi connectivity index (χ0) is 14.0. The van der Waals surface area contributed by atoms with Crippen LogP contribution in [0.4, 0.5) is 0 Å². The van der Waals surface area contributed by atoms with Crippen LogP contribution in [-0.2, 0) is 0 Å². The molecule has 0 aromatic carbocycles. The summed E-state index contributed by atoms with van der Waals surface area (Å²) < 4.78 is 0. The number of amides is 1. The van der Waals surface area contributed by atoms with Crippen molar-refractivity contribution in [2.45, 2.75) is 13.0 Å². The molecule has 0 saturated carbocycles. The summed E-state index contributed by atoms with van der Waals surface area (Å²) in [5.74, 6) is -1.41. The molecule has 0 aliphatic carbocycles. The predicted molar refractivity (Wildman–Crippen MR) is 70.8 cm³/mol. The molecule has 1 unspecified atom stereocenters. The van der Waals surface area contributed by atoms with E-state index >= 15 is 0 Å². The van der Waals surface area contributed by atoms with Gasteiger partial charge in [-0.25, -0.2) is 9.78 Å². The molecule has 0 saturated heterocycles. The highest BCUT2D eigenvalue weighted by Gasteiger charge is 2.17. The summed E-state index contributed by atoms with van der Waals surface area (Å²) in [7, 11) is 0. The second kappa shape index (κ2) is 5.41. The summed E-state index contributed by atoms with van der Waals surface area (Å²) in [5.41, 5.74) is 0.316. The molecule has 0 aliphatic rings. The number of halogens is 1. The molecule has 0 bridgehead atoms. The van der Waals surface area contributed by atoms with Gasteiger partial charge in [0.1, 0.15) is 10.7 Å². The van der Waals surface area contributed by atoms with Gasteiger partial charge in [-0.15, -0.1) is 11.3 Å². The maximum absolute atomic E-state index is 11.8. The Hall–Kier alpha value is -1.86. The van der Waals surface area contributed by atoms with Gasteiger partial charge in [-0.1, -0.05) is 11.6 Å². The van der Waals surface area contributed by atoms with Gasteiger partial charge >= 0.3 is 5.97 Å². The van der Waals surface area contributed by atoms with Crippen molar-refractivity contribution in [1.82, 2.24) is 15.3 Å². The van der Waals surface area contributed by atoms with Crippen LogP contribution >= 0.6 is 22.9 Å². The Kier molecular flexibility index (Phi) is 3.87. The second-order valence-corrected chi connectivity index (χ2v) is 5.13. The number of rotatable bonds is 4. The molecule has 0 fully saturated rings. The fourth-order valence-electron chi connectivity index (χ4n) is 1.42. The highest BCUT2D eigenvalue weighted by molar-refractivity contribution is 7.09. The van der Waals surface area contributed by atoms with E-state index in [9.17, 15) is 9.59 Å². The molecule has 2 heterocycles. The fourth-order valence-corrected chi connectivity index (χ4v) is 2.38. The summed E-state index contributed by atoms with van der Waals surface area (Å²) >= 11 is 6.89. The number of carbonyl (C=O) groups excluding carboxylic acids is 1. The first kappa shape index (κ1) is 13.6. The van der Waals surface area contributed by atoms with Crippen molar-refractivity contribution < 1.29 is 14.7 Å². The van der Waals surface area contributed by atoms with Gasteiger partial charge in [-0.3, -0.25) is 4.79 Å². The summed E-state index contributed by atoms with van der Waals surface area (Å²) in [6.07, 6.45) is 1.51. The third-order valence-electron chi connectivity index (χ3n) is 2.35. The van der Waals surface area contributed by atoms with Gasteiger partial charge in [0.15, 0.2) is 5.69 Å². The molecule has 2 rings (SSSR count). The molecule has 2 aromatic rings. The number of aromatic carboxylic acids is 1. The van der Waals surface area contributed by atoms with Crippen LogP contribution in [0.5, 0.6) is 0 Å². The van der Waals surface area contributed by atoms with Gasteiger partial charge < -0.3 is 15.4 Å². The monoisotopic (exact) mass is 299 g/mol. The molecule has 0 radical (unpaired) electrons. The number of aromatic amines is 1. The topological polar surface area (TPSA) is 95.1 Å². The number of hydrogen-bond acceptors (Lipinski definition) is 4. The molecular formula is C11H10ClN3O3S. The van der Waals surface area contributed by atoms with Crippen LogP contribution in [0.3, 0.4) is 0 Å². The lowest BCUT2D eigenvalue weighted by Crippen LogP contribution is -2.26. The van der Waals surface area contributed by atoms with E-state index in [1.165, 1.54) is 29.0 Å². The van der Waals surface area contributed by atoms with Gasteiger partial charge in [0, 0.05) is 11.6 Å². The SMILES string of the molecule is CC(NC(=O)c1cc(Cl)c[nH]1)c1nc(C(=O)O)cs1. The molecule has 1 atom stereocenters. The summed E-state index contributed by atoms with van der Waals surface area (Å²) in [5, 5.41) is 13.9. The third kappa shape index (κ3) is 3.12. The zero-order valence-corrected chi connectivity index (χ0v) is 11.4. The van der Waals surface area contributed by atoms with Crippen LogP contribution in [0.25, 0.3) is 0 Å². The van der Waals surface area contributed by atoms with Crippen LogP contribution in [-0.4, -0.2) is 27.0 Å². The molecule has 3 N–H and O–H groups in total. The van der Waals surface area contributed by atoms with Gasteiger partial charge in [0.2, 0.25) is 0 Å². The number of aromatic nitrogens is 2. The summed E-state index contributed by atoms with van der Waals surface area (Å²) in [4.78, 5) is 29.2. The second-order valence-electron chi connectivity index (χ2n) is 3.80. The van der Waals surface area contributed by atoms with Crippen molar-refractivity contribution in [3.63, 3.8) is 0 Å². The number of hydrogen-bond donors (Lipinski definition) is 3. The number of nitrogens with zero attached hydrogens (tertiary/aromatic N) is 1. The van der Waals surface area contributed by atoms with Gasteiger partial charge in [0.25, 0.3) is 5.91 Å². The fraction of sp³-hybridized carbons (Fsp3) is 0.182. The Morgan fingerprint density at radius 3 is 2.84 bits per heavy atom. The molecule has 1 amide bonds. The number of nitrogens with one attached hydrogen (secondary N) is 2. The lowest BCUT2D eigenvalue weighted by atomic mass is 10.3. The van der Waals surface area contributed by atoms with E-state index < -0.39 is 5.97 Å². The maximum atomic E-state index is 11.8. The largest absolute Gasteiger partial charge is 0.476 e. The van der Waals surface area contributed by atoms with Crippen LogP contribution in [0, 0.1) is 0 Å². The van der Waals surface area contributed by atoms with Crippen molar-refractivity contribution in [2.24, 2.45) is 0 Å². The minimum Gasteiger partial charge on any atom is -0.476 e. The number of carbonyl (C=O) groups is 2. The highest BCUT2D eigenvalue weighted by atomic mass is 35.5. The van der Waals surface area contributed by atoms with E-state index in [0.717, 1.165) is 0 Å². The normalized spacial score (nSPS) is 12.1. The van der Waals surface area contributed by atoms with Gasteiger partial charge in [-0.05, 0) is 13.0 Å². The average molecular weight is 300 g/mol. The van der Waals surface area contributed by atoms with E-state index in [4.69, 9.17) is 16.7 Å². The zero-order valence-electron chi connectivity index (χ0n) is 9.81. The first-order valence-electron chi connectivity index (χ1n) is 5.31. The molecule has 0 spiro atoms. The van der Waals surface area contributed by atoms with Crippen LogP contribution < -0.4 is 5.32 Å². The smallest absolute Gasteiger partial charge is 0.355 e. The van der Waals surface area contributed by atoms with E-state index in [-0.39, 0.29) is 17.6 Å². The maximum Gasteiger partial charge on any atom is 0.355 e. The Morgan fingerprint density at radius 1 is 1.58 bits per heavy atom. The van der Waals surface area contributed by atoms with Gasteiger partial charge in [0.05, 0.1) is 11.1 Å². The lowest BCUT2D eigenvalue weighted by molar-refractivity contribution is 0.0691. The molecule has 100 valence electrons. The molecule has 0 aliphatic heterocycles. The number of H-pyrrole nitrogens is 1. The van der Waals surface area contributed by atoms with Crippen LogP contribution in [0.15, 0.2) is 17.6 Å². The number of thiazole rings is 1. The van der Waals surface area contributed by atoms with Crippen molar-refractivity contribution >= 4 is 34.8 Å². The Labute approximate surface area is 117 Å². The first-order chi connectivity index (χ1) is 8.97. The van der Waals surface area contributed by atoms with Crippen molar-refractivity contribution in [2.75, 3.05) is 0 Å². The minimum atomic E-state index is -1.09. The van der Waals surface area contributed by atoms with Crippen molar-refractivity contribution in [3.8, 4) is 0 Å². The Balaban J connectivity index is 2.05. The van der Waals surface area contributed by atoms with Gasteiger partial charge in [-0.2, -0.15) is 0 Å². The van der Waals surface area contributed by atoms with E-state index in [2.05, 4.69) is 15.3 Å². The average Bonchev–Trinajstić information content (AvgIpc) is 2.96. The standard InChI is InChI=1S/C11H10ClN3O3S/c1-5(10-15-8(4-19-10)11(17)18)14-9(16)7-2-6(12)3-13-7/h2-5,13H,1H3,(H,14,16)(H,17,18). The number of carboxylic acid groups (broad SMARTS) is 1. The molecule has 2 aromatic heterocycles. The van der Waals surface area contributed by atoms with E-state index in [0.29, 0.717) is 15.7 Å². The van der Waals surface area contributed by atoms with Crippen molar-refractivity contribution in [3.05, 3.63) is 39.1 Å². The minimum absolute atomic E-state index is 0.0241. The lowest BCUT2D eigenvalue weighted by Gasteiger charge is -2.09. The molecule has 6 nitrogen and oxygen atoms in total. The van der Waals surface area contributed by atoms with E-state index in [1.807, 2.05) is 0 Å². The third-order valence-corrected chi connectivity index (χ3v) is 3.60. The summed E-state index contributed by atoms with van der Waals surface area (Å²) in [6.45, 7) is 1.73. The van der Waals surface area contributed by atoms with Crippen molar-refractivity contribution in [1.29, 1.82) is 0 Å². The highest BCUT2D eigenvalue weighted by Crippen LogP contribution is 2.19. The van der Waals surface area contributed by atoms with E-state index in [1.54, 1.807) is 6.92 Å². The summed E-state index contributed by atoms with van der Waals surface area (Å²) in [6, 6.07) is 1.13. The molecular weight excluding hydrogens is 290 g/mol. The predicted octanol–water partition coefficient (Wildman–Crippen LogP) is 2.31. The van der Waals surface area contributed by atoms with Crippen LogP contribution in [0.1, 0.15) is 39.0 Å².